The molecule has 3 aromatic rings. The van der Waals surface area contributed by atoms with Crippen LogP contribution in [0.15, 0.2) is 42.5 Å². The molecule has 0 aliphatic rings. The summed E-state index contributed by atoms with van der Waals surface area (Å²) in [4.78, 5) is 17.4. The summed E-state index contributed by atoms with van der Waals surface area (Å²) in [7, 11) is 3.26. The molecule has 0 aliphatic heterocycles. The number of hydrogen-bond acceptors (Lipinski definition) is 4. The van der Waals surface area contributed by atoms with E-state index in [2.05, 4.69) is 16.8 Å². The summed E-state index contributed by atoms with van der Waals surface area (Å²) >= 11 is 0. The monoisotopic (exact) mass is 381 g/mol. The van der Waals surface area contributed by atoms with Gasteiger partial charge in [0.1, 0.15) is 17.3 Å². The van der Waals surface area contributed by atoms with Crippen molar-refractivity contribution in [1.29, 1.82) is 0 Å². The molecule has 6 nitrogen and oxygen atoms in total. The highest BCUT2D eigenvalue weighted by Crippen LogP contribution is 2.25. The van der Waals surface area contributed by atoms with Crippen LogP contribution in [0.1, 0.15) is 48.9 Å². The zero-order chi connectivity index (χ0) is 20.1. The smallest absolute Gasteiger partial charge is 0.251 e. The number of ether oxygens (including phenoxy) is 2. The van der Waals surface area contributed by atoms with Gasteiger partial charge in [-0.1, -0.05) is 13.3 Å². The number of nitrogens with one attached hydrogen (secondary N) is 1. The lowest BCUT2D eigenvalue weighted by molar-refractivity contribution is 0.0937. The number of fused-ring (bicyclic) bond motifs is 1. The van der Waals surface area contributed by atoms with E-state index in [-0.39, 0.29) is 11.9 Å². The Morgan fingerprint density at radius 2 is 1.79 bits per heavy atom. The van der Waals surface area contributed by atoms with Crippen LogP contribution in [-0.4, -0.2) is 29.7 Å². The maximum absolute atomic E-state index is 12.7. The number of benzene rings is 2. The highest BCUT2D eigenvalue weighted by molar-refractivity contribution is 5.94. The number of nitrogens with zero attached hydrogens (tertiary/aromatic N) is 2. The number of aryl methyl sites for hydroxylation is 1. The summed E-state index contributed by atoms with van der Waals surface area (Å²) in [6.07, 6.45) is 2.12. The molecular weight excluding hydrogens is 354 g/mol. The molecule has 0 spiro atoms. The van der Waals surface area contributed by atoms with Crippen molar-refractivity contribution in [3.05, 3.63) is 53.9 Å². The van der Waals surface area contributed by atoms with E-state index in [1.165, 1.54) is 0 Å². The SMILES string of the molecule is CCCCn1c(C(C)NC(=O)c2ccc(OC)cc2)nc2ccc(OC)cc21. The maximum atomic E-state index is 12.7. The average Bonchev–Trinajstić information content (AvgIpc) is 3.09. The first-order chi connectivity index (χ1) is 13.6. The van der Waals surface area contributed by atoms with E-state index in [0.717, 1.165) is 47.7 Å². The van der Waals surface area contributed by atoms with Gasteiger partial charge in [0, 0.05) is 18.2 Å². The molecule has 1 heterocycles. The Morgan fingerprint density at radius 1 is 1.11 bits per heavy atom. The topological polar surface area (TPSA) is 65.4 Å². The quantitative estimate of drug-likeness (QED) is 0.630. The first-order valence-corrected chi connectivity index (χ1v) is 9.56. The first-order valence-electron chi connectivity index (χ1n) is 9.56. The van der Waals surface area contributed by atoms with Crippen molar-refractivity contribution in [2.75, 3.05) is 14.2 Å². The van der Waals surface area contributed by atoms with E-state index in [1.807, 2.05) is 25.1 Å². The predicted molar refractivity (Wildman–Crippen MR) is 110 cm³/mol. The van der Waals surface area contributed by atoms with Crippen LogP contribution in [0.4, 0.5) is 0 Å². The fourth-order valence-corrected chi connectivity index (χ4v) is 3.22. The molecule has 148 valence electrons. The summed E-state index contributed by atoms with van der Waals surface area (Å²) in [6.45, 7) is 4.97. The molecule has 1 atom stereocenters. The third kappa shape index (κ3) is 4.11. The van der Waals surface area contributed by atoms with Gasteiger partial charge in [0.15, 0.2) is 0 Å². The lowest BCUT2D eigenvalue weighted by atomic mass is 10.2. The molecule has 1 N–H and O–H groups in total. The number of amides is 1. The van der Waals surface area contributed by atoms with Crippen LogP contribution in [0, 0.1) is 0 Å². The van der Waals surface area contributed by atoms with Crippen LogP contribution < -0.4 is 14.8 Å². The van der Waals surface area contributed by atoms with Gasteiger partial charge >= 0.3 is 0 Å². The molecule has 1 unspecified atom stereocenters. The van der Waals surface area contributed by atoms with Gasteiger partial charge < -0.3 is 19.4 Å². The highest BCUT2D eigenvalue weighted by atomic mass is 16.5. The van der Waals surface area contributed by atoms with E-state index in [1.54, 1.807) is 38.5 Å². The van der Waals surface area contributed by atoms with Crippen molar-refractivity contribution in [1.82, 2.24) is 14.9 Å². The van der Waals surface area contributed by atoms with Crippen LogP contribution >= 0.6 is 0 Å². The summed E-state index contributed by atoms with van der Waals surface area (Å²) in [5.41, 5.74) is 2.51. The molecule has 0 saturated heterocycles. The molecule has 0 radical (unpaired) electrons. The van der Waals surface area contributed by atoms with Crippen molar-refractivity contribution in [2.45, 2.75) is 39.3 Å². The minimum absolute atomic E-state index is 0.137. The first kappa shape index (κ1) is 19.7. The highest BCUT2D eigenvalue weighted by Gasteiger charge is 2.19. The second-order valence-electron chi connectivity index (χ2n) is 6.75. The van der Waals surface area contributed by atoms with Crippen LogP contribution in [0.25, 0.3) is 11.0 Å². The molecule has 0 aliphatic carbocycles. The second-order valence-corrected chi connectivity index (χ2v) is 6.75. The Hall–Kier alpha value is -3.02. The van der Waals surface area contributed by atoms with Crippen molar-refractivity contribution in [3.63, 3.8) is 0 Å². The van der Waals surface area contributed by atoms with Gasteiger partial charge in [-0.2, -0.15) is 0 Å². The number of carbonyl (C=O) groups excluding carboxylic acids is 1. The average molecular weight is 381 g/mol. The van der Waals surface area contributed by atoms with Crippen LogP contribution in [0.5, 0.6) is 11.5 Å². The molecule has 3 rings (SSSR count). The van der Waals surface area contributed by atoms with Gasteiger partial charge in [-0.05, 0) is 49.7 Å². The summed E-state index contributed by atoms with van der Waals surface area (Å²) in [5, 5.41) is 3.06. The van der Waals surface area contributed by atoms with E-state index in [0.29, 0.717) is 5.56 Å². The largest absolute Gasteiger partial charge is 0.497 e. The molecule has 0 bridgehead atoms. The predicted octanol–water partition coefficient (Wildman–Crippen LogP) is 4.34. The number of rotatable bonds is 8. The standard InChI is InChI=1S/C22H27N3O3/c1-5-6-13-25-20-14-18(28-4)11-12-19(20)24-21(25)15(2)23-22(26)16-7-9-17(27-3)10-8-16/h7-12,14-15H,5-6,13H2,1-4H3,(H,23,26). The number of methoxy groups -OCH3 is 2. The molecule has 1 amide bonds. The van der Waals surface area contributed by atoms with Crippen molar-refractivity contribution in [3.8, 4) is 11.5 Å². The number of aromatic nitrogens is 2. The zero-order valence-electron chi connectivity index (χ0n) is 16.9. The third-order valence-electron chi connectivity index (χ3n) is 4.81. The second kappa shape index (κ2) is 8.78. The van der Waals surface area contributed by atoms with Crippen LogP contribution in [-0.2, 0) is 6.54 Å². The molecule has 2 aromatic carbocycles. The van der Waals surface area contributed by atoms with Crippen LogP contribution in [0.2, 0.25) is 0 Å². The molecule has 1 aromatic heterocycles. The summed E-state index contributed by atoms with van der Waals surface area (Å²) < 4.78 is 12.7. The van der Waals surface area contributed by atoms with Crippen molar-refractivity contribution >= 4 is 16.9 Å². The van der Waals surface area contributed by atoms with E-state index in [4.69, 9.17) is 14.5 Å². The van der Waals surface area contributed by atoms with Crippen molar-refractivity contribution in [2.24, 2.45) is 0 Å². The maximum Gasteiger partial charge on any atom is 0.251 e. The Bertz CT molecular complexity index is 948. The Balaban J connectivity index is 1.88. The van der Waals surface area contributed by atoms with Gasteiger partial charge in [-0.25, -0.2) is 4.98 Å². The van der Waals surface area contributed by atoms with E-state index >= 15 is 0 Å². The third-order valence-corrected chi connectivity index (χ3v) is 4.81. The fraction of sp³-hybridized carbons (Fsp3) is 0.364. The Labute approximate surface area is 165 Å². The lowest BCUT2D eigenvalue weighted by Gasteiger charge is -2.16. The normalized spacial score (nSPS) is 12.0. The van der Waals surface area contributed by atoms with E-state index in [9.17, 15) is 4.79 Å². The molecule has 0 saturated carbocycles. The number of carbonyl (C=O) groups is 1. The van der Waals surface area contributed by atoms with Gasteiger partial charge in [0.25, 0.3) is 5.91 Å². The number of imidazole rings is 1. The lowest BCUT2D eigenvalue weighted by Crippen LogP contribution is -2.28. The minimum Gasteiger partial charge on any atom is -0.497 e. The zero-order valence-corrected chi connectivity index (χ0v) is 16.9. The van der Waals surface area contributed by atoms with Gasteiger partial charge in [-0.3, -0.25) is 4.79 Å². The van der Waals surface area contributed by atoms with Crippen molar-refractivity contribution < 1.29 is 14.3 Å². The molecular formula is C22H27N3O3. The van der Waals surface area contributed by atoms with Gasteiger partial charge in [0.2, 0.25) is 0 Å². The van der Waals surface area contributed by atoms with Gasteiger partial charge in [-0.15, -0.1) is 0 Å². The Kier molecular flexibility index (Phi) is 6.19. The van der Waals surface area contributed by atoms with Crippen LogP contribution in [0.3, 0.4) is 0 Å². The number of unbranched alkanes of at least 4 members (excludes halogenated alkanes) is 1. The Morgan fingerprint density at radius 3 is 2.43 bits per heavy atom. The molecule has 0 fully saturated rings. The minimum atomic E-state index is -0.232. The summed E-state index contributed by atoms with van der Waals surface area (Å²) in [5.74, 6) is 2.23. The fourth-order valence-electron chi connectivity index (χ4n) is 3.22. The van der Waals surface area contributed by atoms with E-state index < -0.39 is 0 Å². The molecule has 28 heavy (non-hydrogen) atoms. The van der Waals surface area contributed by atoms with Gasteiger partial charge in [0.05, 0.1) is 31.3 Å². The number of hydrogen-bond donors (Lipinski definition) is 1. The molecule has 6 heteroatoms. The summed E-state index contributed by atoms with van der Waals surface area (Å²) in [6, 6.07) is 12.7.